The fraction of sp³-hybridized carbons (Fsp3) is 0.571. The molecule has 1 aromatic rings. The molecule has 0 saturated carbocycles. The highest BCUT2D eigenvalue weighted by atomic mass is 16.3. The molecule has 2 rings (SSSR count). The van der Waals surface area contributed by atoms with Crippen molar-refractivity contribution >= 4 is 0 Å². The SMILES string of the molecule is CC1CCCC(CN)N1Cc1ccc(O)cc1O. The van der Waals surface area contributed by atoms with Gasteiger partial charge >= 0.3 is 0 Å². The van der Waals surface area contributed by atoms with Crippen LogP contribution in [0.3, 0.4) is 0 Å². The molecule has 4 N–H and O–H groups in total. The maximum Gasteiger partial charge on any atom is 0.123 e. The van der Waals surface area contributed by atoms with Crippen LogP contribution in [0, 0.1) is 0 Å². The van der Waals surface area contributed by atoms with Gasteiger partial charge in [-0.05, 0) is 25.8 Å². The third-order valence-corrected chi connectivity index (χ3v) is 3.89. The van der Waals surface area contributed by atoms with Gasteiger partial charge in [-0.15, -0.1) is 0 Å². The van der Waals surface area contributed by atoms with E-state index in [4.69, 9.17) is 5.73 Å². The lowest BCUT2D eigenvalue weighted by molar-refractivity contribution is 0.0883. The fourth-order valence-corrected chi connectivity index (χ4v) is 2.76. The van der Waals surface area contributed by atoms with E-state index in [9.17, 15) is 10.2 Å². The second-order valence-corrected chi connectivity index (χ2v) is 5.15. The van der Waals surface area contributed by atoms with Crippen LogP contribution in [0.1, 0.15) is 31.7 Å². The van der Waals surface area contributed by atoms with Gasteiger partial charge in [0, 0.05) is 36.8 Å². The van der Waals surface area contributed by atoms with Crippen molar-refractivity contribution in [2.45, 2.75) is 44.8 Å². The lowest BCUT2D eigenvalue weighted by Crippen LogP contribution is -2.48. The first kappa shape index (κ1) is 13.2. The Hall–Kier alpha value is -1.26. The number of nitrogens with two attached hydrogens (primary N) is 1. The number of benzene rings is 1. The van der Waals surface area contributed by atoms with Gasteiger partial charge in [0.2, 0.25) is 0 Å². The van der Waals surface area contributed by atoms with Crippen molar-refractivity contribution in [3.63, 3.8) is 0 Å². The van der Waals surface area contributed by atoms with Crippen molar-refractivity contribution in [3.8, 4) is 11.5 Å². The molecule has 1 heterocycles. The second-order valence-electron chi connectivity index (χ2n) is 5.15. The molecular formula is C14H22N2O2. The molecule has 2 atom stereocenters. The summed E-state index contributed by atoms with van der Waals surface area (Å²) in [5.41, 5.74) is 6.67. The van der Waals surface area contributed by atoms with Gasteiger partial charge in [-0.1, -0.05) is 12.5 Å². The Balaban J connectivity index is 2.15. The molecule has 1 fully saturated rings. The molecule has 0 amide bonds. The van der Waals surface area contributed by atoms with Gasteiger partial charge in [0.25, 0.3) is 0 Å². The number of phenols is 2. The Bertz CT molecular complexity index is 409. The van der Waals surface area contributed by atoms with E-state index >= 15 is 0 Å². The van der Waals surface area contributed by atoms with E-state index in [-0.39, 0.29) is 11.5 Å². The van der Waals surface area contributed by atoms with E-state index in [1.807, 2.05) is 0 Å². The third-order valence-electron chi connectivity index (χ3n) is 3.89. The van der Waals surface area contributed by atoms with Gasteiger partial charge < -0.3 is 15.9 Å². The summed E-state index contributed by atoms with van der Waals surface area (Å²) in [6.07, 6.45) is 3.52. The van der Waals surface area contributed by atoms with Crippen LogP contribution in [0.4, 0.5) is 0 Å². The lowest BCUT2D eigenvalue weighted by Gasteiger charge is -2.40. The Morgan fingerprint density at radius 3 is 2.78 bits per heavy atom. The van der Waals surface area contributed by atoms with Crippen molar-refractivity contribution in [2.75, 3.05) is 6.54 Å². The summed E-state index contributed by atoms with van der Waals surface area (Å²) in [4.78, 5) is 2.36. The smallest absolute Gasteiger partial charge is 0.123 e. The van der Waals surface area contributed by atoms with Crippen molar-refractivity contribution in [3.05, 3.63) is 23.8 Å². The second kappa shape index (κ2) is 5.59. The van der Waals surface area contributed by atoms with Crippen LogP contribution in [0.25, 0.3) is 0 Å². The molecule has 4 nitrogen and oxygen atoms in total. The molecule has 18 heavy (non-hydrogen) atoms. The van der Waals surface area contributed by atoms with Crippen LogP contribution in [0.2, 0.25) is 0 Å². The molecule has 100 valence electrons. The summed E-state index contributed by atoms with van der Waals surface area (Å²) in [6.45, 7) is 3.55. The number of phenolic OH excluding ortho intramolecular Hbond substituents is 2. The number of aromatic hydroxyl groups is 2. The summed E-state index contributed by atoms with van der Waals surface area (Å²) < 4.78 is 0. The van der Waals surface area contributed by atoms with Crippen LogP contribution in [0.5, 0.6) is 11.5 Å². The number of likely N-dealkylation sites (tertiary alicyclic amines) is 1. The van der Waals surface area contributed by atoms with Gasteiger partial charge in [0.15, 0.2) is 0 Å². The number of hydrogen-bond donors (Lipinski definition) is 3. The molecule has 1 saturated heterocycles. The van der Waals surface area contributed by atoms with Crippen LogP contribution < -0.4 is 5.73 Å². The minimum absolute atomic E-state index is 0.0957. The molecule has 0 aliphatic carbocycles. The highest BCUT2D eigenvalue weighted by Crippen LogP contribution is 2.29. The van der Waals surface area contributed by atoms with Gasteiger partial charge in [-0.3, -0.25) is 4.90 Å². The van der Waals surface area contributed by atoms with Crippen molar-refractivity contribution in [1.29, 1.82) is 0 Å². The lowest BCUT2D eigenvalue weighted by atomic mass is 9.95. The fourth-order valence-electron chi connectivity index (χ4n) is 2.76. The van der Waals surface area contributed by atoms with Gasteiger partial charge in [0.05, 0.1) is 0 Å². The highest BCUT2D eigenvalue weighted by Gasteiger charge is 2.27. The van der Waals surface area contributed by atoms with Gasteiger partial charge in [-0.2, -0.15) is 0 Å². The summed E-state index contributed by atoms with van der Waals surface area (Å²) >= 11 is 0. The molecule has 0 radical (unpaired) electrons. The predicted octanol–water partition coefficient (Wildman–Crippen LogP) is 1.80. The Morgan fingerprint density at radius 2 is 2.11 bits per heavy atom. The summed E-state index contributed by atoms with van der Waals surface area (Å²) in [5.74, 6) is 0.252. The van der Waals surface area contributed by atoms with E-state index in [0.717, 1.165) is 12.0 Å². The van der Waals surface area contributed by atoms with Crippen LogP contribution in [0.15, 0.2) is 18.2 Å². The molecule has 0 spiro atoms. The maximum absolute atomic E-state index is 9.85. The Labute approximate surface area is 108 Å². The van der Waals surface area contributed by atoms with E-state index in [0.29, 0.717) is 25.2 Å². The number of rotatable bonds is 3. The van der Waals surface area contributed by atoms with E-state index < -0.39 is 0 Å². The topological polar surface area (TPSA) is 69.7 Å². The number of nitrogens with zero attached hydrogens (tertiary/aromatic N) is 1. The average Bonchev–Trinajstić information content (AvgIpc) is 2.34. The zero-order valence-corrected chi connectivity index (χ0v) is 10.8. The highest BCUT2D eigenvalue weighted by molar-refractivity contribution is 5.38. The van der Waals surface area contributed by atoms with Crippen molar-refractivity contribution in [1.82, 2.24) is 4.90 Å². The van der Waals surface area contributed by atoms with E-state index in [1.165, 1.54) is 18.9 Å². The van der Waals surface area contributed by atoms with E-state index in [2.05, 4.69) is 11.8 Å². The third kappa shape index (κ3) is 2.76. The quantitative estimate of drug-likeness (QED) is 0.765. The van der Waals surface area contributed by atoms with Crippen molar-refractivity contribution in [2.24, 2.45) is 5.73 Å². The molecule has 4 heteroatoms. The van der Waals surface area contributed by atoms with Crippen LogP contribution in [-0.2, 0) is 6.54 Å². The summed E-state index contributed by atoms with van der Waals surface area (Å²) in [5, 5.41) is 19.1. The summed E-state index contributed by atoms with van der Waals surface area (Å²) in [7, 11) is 0. The first-order valence-electron chi connectivity index (χ1n) is 6.58. The standard InChI is InChI=1S/C14H22N2O2/c1-10-3-2-4-12(8-15)16(10)9-11-5-6-13(17)7-14(11)18/h5-7,10,12,17-18H,2-4,8-9,15H2,1H3. The monoisotopic (exact) mass is 250 g/mol. The first-order valence-corrected chi connectivity index (χ1v) is 6.58. The van der Waals surface area contributed by atoms with Gasteiger partial charge in [-0.25, -0.2) is 0 Å². The van der Waals surface area contributed by atoms with Gasteiger partial charge in [0.1, 0.15) is 11.5 Å². The first-order chi connectivity index (χ1) is 8.61. The molecule has 1 aromatic carbocycles. The molecule has 2 unspecified atom stereocenters. The minimum atomic E-state index is 0.0957. The van der Waals surface area contributed by atoms with Crippen molar-refractivity contribution < 1.29 is 10.2 Å². The Kier molecular flexibility index (Phi) is 4.09. The number of piperidine rings is 1. The van der Waals surface area contributed by atoms with Crippen LogP contribution in [-0.4, -0.2) is 33.7 Å². The zero-order chi connectivity index (χ0) is 13.1. The minimum Gasteiger partial charge on any atom is -0.508 e. The Morgan fingerprint density at radius 1 is 1.33 bits per heavy atom. The largest absolute Gasteiger partial charge is 0.508 e. The average molecular weight is 250 g/mol. The molecular weight excluding hydrogens is 228 g/mol. The van der Waals surface area contributed by atoms with E-state index in [1.54, 1.807) is 12.1 Å². The maximum atomic E-state index is 9.85. The zero-order valence-electron chi connectivity index (χ0n) is 10.8. The number of hydrogen-bond acceptors (Lipinski definition) is 4. The molecule has 0 bridgehead atoms. The normalized spacial score (nSPS) is 25.2. The predicted molar refractivity (Wildman–Crippen MR) is 71.5 cm³/mol. The summed E-state index contributed by atoms with van der Waals surface area (Å²) in [6, 6.07) is 5.66. The molecule has 1 aliphatic heterocycles. The van der Waals surface area contributed by atoms with Crippen LogP contribution >= 0.6 is 0 Å². The molecule has 1 aliphatic rings. The molecule has 0 aromatic heterocycles.